The zero-order chi connectivity index (χ0) is 10.6. The lowest BCUT2D eigenvalue weighted by Gasteiger charge is -1.96. The zero-order valence-electron chi connectivity index (χ0n) is 9.41. The fourth-order valence-electron chi connectivity index (χ4n) is 1.48. The largest absolute Gasteiger partial charge is 0.212 e. The SMILES string of the molecule is CC.Cc1ccc2c(ccc[n+]2C)c1. The third kappa shape index (κ3) is 2.11. The highest BCUT2D eigenvalue weighted by atomic mass is 14.9. The third-order valence-electron chi connectivity index (χ3n) is 2.15. The molecule has 0 bridgehead atoms. The van der Waals surface area contributed by atoms with Crippen LogP contribution in [0, 0.1) is 6.92 Å². The molecular weight excluding hydrogens is 170 g/mol. The van der Waals surface area contributed by atoms with Crippen molar-refractivity contribution in [1.82, 2.24) is 0 Å². The van der Waals surface area contributed by atoms with Crippen LogP contribution in [0.2, 0.25) is 0 Å². The van der Waals surface area contributed by atoms with Gasteiger partial charge in [-0.1, -0.05) is 25.5 Å². The normalized spacial score (nSPS) is 9.43. The van der Waals surface area contributed by atoms with Crippen molar-refractivity contribution in [3.05, 3.63) is 42.1 Å². The summed E-state index contributed by atoms with van der Waals surface area (Å²) >= 11 is 0. The lowest BCUT2D eigenvalue weighted by Crippen LogP contribution is -2.27. The summed E-state index contributed by atoms with van der Waals surface area (Å²) < 4.78 is 2.13. The molecule has 1 nitrogen and oxygen atoms in total. The van der Waals surface area contributed by atoms with E-state index in [9.17, 15) is 0 Å². The summed E-state index contributed by atoms with van der Waals surface area (Å²) in [7, 11) is 2.07. The fraction of sp³-hybridized carbons (Fsp3) is 0.308. The molecule has 0 unspecified atom stereocenters. The van der Waals surface area contributed by atoms with E-state index in [0.29, 0.717) is 0 Å². The summed E-state index contributed by atoms with van der Waals surface area (Å²) in [5, 5.41) is 1.31. The van der Waals surface area contributed by atoms with Crippen molar-refractivity contribution in [1.29, 1.82) is 0 Å². The van der Waals surface area contributed by atoms with Gasteiger partial charge in [-0.3, -0.25) is 0 Å². The second-order valence-corrected chi connectivity index (χ2v) is 3.18. The molecule has 0 aliphatic heterocycles. The summed E-state index contributed by atoms with van der Waals surface area (Å²) in [6.07, 6.45) is 2.07. The minimum atomic E-state index is 1.28. The van der Waals surface area contributed by atoms with E-state index >= 15 is 0 Å². The lowest BCUT2D eigenvalue weighted by molar-refractivity contribution is -0.644. The van der Waals surface area contributed by atoms with Crippen molar-refractivity contribution in [2.75, 3.05) is 0 Å². The highest BCUT2D eigenvalue weighted by Crippen LogP contribution is 2.10. The Labute approximate surface area is 86.0 Å². The van der Waals surface area contributed by atoms with Gasteiger partial charge in [-0.05, 0) is 19.1 Å². The van der Waals surface area contributed by atoms with Crippen LogP contribution in [0.15, 0.2) is 36.5 Å². The molecule has 0 saturated heterocycles. The molecule has 0 aliphatic rings. The molecule has 2 rings (SSSR count). The first-order chi connectivity index (χ1) is 6.77. The van der Waals surface area contributed by atoms with Gasteiger partial charge in [0.25, 0.3) is 0 Å². The van der Waals surface area contributed by atoms with Gasteiger partial charge in [-0.2, -0.15) is 0 Å². The van der Waals surface area contributed by atoms with E-state index in [1.807, 2.05) is 13.8 Å². The van der Waals surface area contributed by atoms with Gasteiger partial charge in [0.15, 0.2) is 6.20 Å². The van der Waals surface area contributed by atoms with Crippen LogP contribution in [0.3, 0.4) is 0 Å². The van der Waals surface area contributed by atoms with E-state index in [4.69, 9.17) is 0 Å². The summed E-state index contributed by atoms with van der Waals surface area (Å²) in [6.45, 7) is 6.12. The minimum Gasteiger partial charge on any atom is -0.201 e. The molecule has 1 heteroatoms. The van der Waals surface area contributed by atoms with Gasteiger partial charge >= 0.3 is 0 Å². The molecule has 1 aromatic carbocycles. The van der Waals surface area contributed by atoms with Crippen LogP contribution in [0.4, 0.5) is 0 Å². The van der Waals surface area contributed by atoms with Crippen LogP contribution in [0.1, 0.15) is 19.4 Å². The topological polar surface area (TPSA) is 3.88 Å². The van der Waals surface area contributed by atoms with Crippen molar-refractivity contribution in [3.8, 4) is 0 Å². The summed E-state index contributed by atoms with van der Waals surface area (Å²) in [5.41, 5.74) is 2.59. The minimum absolute atomic E-state index is 1.28. The number of hydrogen-bond acceptors (Lipinski definition) is 0. The van der Waals surface area contributed by atoms with Gasteiger partial charge in [-0.25, -0.2) is 4.57 Å². The molecule has 1 heterocycles. The van der Waals surface area contributed by atoms with Gasteiger partial charge in [-0.15, -0.1) is 0 Å². The third-order valence-corrected chi connectivity index (χ3v) is 2.15. The Bertz CT molecular complexity index is 419. The Hall–Kier alpha value is -1.37. The number of nitrogens with zero attached hydrogens (tertiary/aromatic N) is 1. The zero-order valence-corrected chi connectivity index (χ0v) is 9.41. The summed E-state index contributed by atoms with van der Waals surface area (Å²) in [5.74, 6) is 0. The maximum absolute atomic E-state index is 2.20. The molecule has 14 heavy (non-hydrogen) atoms. The van der Waals surface area contributed by atoms with E-state index in [1.165, 1.54) is 16.5 Å². The number of rotatable bonds is 0. The Balaban J connectivity index is 0.000000461. The van der Waals surface area contributed by atoms with Crippen LogP contribution in [-0.4, -0.2) is 0 Å². The molecule has 0 N–H and O–H groups in total. The first-order valence-electron chi connectivity index (χ1n) is 5.12. The predicted molar refractivity (Wildman–Crippen MR) is 61.2 cm³/mol. The highest BCUT2D eigenvalue weighted by molar-refractivity contribution is 5.75. The number of benzene rings is 1. The van der Waals surface area contributed by atoms with Gasteiger partial charge in [0.1, 0.15) is 7.05 Å². The van der Waals surface area contributed by atoms with Crippen LogP contribution in [-0.2, 0) is 7.05 Å². The average Bonchev–Trinajstić information content (AvgIpc) is 2.21. The monoisotopic (exact) mass is 188 g/mol. The molecule has 1 aromatic heterocycles. The molecule has 0 aliphatic carbocycles. The van der Waals surface area contributed by atoms with Crippen molar-refractivity contribution < 1.29 is 4.57 Å². The average molecular weight is 188 g/mol. The first-order valence-corrected chi connectivity index (χ1v) is 5.12. The highest BCUT2D eigenvalue weighted by Gasteiger charge is 2.01. The van der Waals surface area contributed by atoms with Crippen LogP contribution >= 0.6 is 0 Å². The van der Waals surface area contributed by atoms with Gasteiger partial charge in [0.2, 0.25) is 5.52 Å². The van der Waals surface area contributed by atoms with Crippen molar-refractivity contribution in [3.63, 3.8) is 0 Å². The fourth-order valence-corrected chi connectivity index (χ4v) is 1.48. The maximum atomic E-state index is 2.20. The van der Waals surface area contributed by atoms with E-state index < -0.39 is 0 Å². The smallest absolute Gasteiger partial charge is 0.201 e. The Morgan fingerprint density at radius 3 is 2.50 bits per heavy atom. The van der Waals surface area contributed by atoms with Crippen molar-refractivity contribution in [2.45, 2.75) is 20.8 Å². The van der Waals surface area contributed by atoms with Gasteiger partial charge in [0, 0.05) is 17.5 Å². The molecular formula is C13H18N+. The quantitative estimate of drug-likeness (QED) is 0.560. The van der Waals surface area contributed by atoms with E-state index in [2.05, 4.69) is 55.1 Å². The van der Waals surface area contributed by atoms with E-state index in [1.54, 1.807) is 0 Å². The van der Waals surface area contributed by atoms with Crippen LogP contribution < -0.4 is 4.57 Å². The molecule has 0 fully saturated rings. The van der Waals surface area contributed by atoms with Crippen molar-refractivity contribution >= 4 is 10.9 Å². The van der Waals surface area contributed by atoms with E-state index in [0.717, 1.165) is 0 Å². The number of fused-ring (bicyclic) bond motifs is 1. The van der Waals surface area contributed by atoms with E-state index in [-0.39, 0.29) is 0 Å². The number of aromatic nitrogens is 1. The molecule has 0 spiro atoms. The Morgan fingerprint density at radius 2 is 1.79 bits per heavy atom. The summed E-state index contributed by atoms with van der Waals surface area (Å²) in [6, 6.07) is 10.7. The molecule has 0 saturated carbocycles. The number of aryl methyl sites for hydroxylation is 2. The van der Waals surface area contributed by atoms with Crippen LogP contribution in [0.25, 0.3) is 10.9 Å². The molecule has 74 valence electrons. The first kappa shape index (κ1) is 10.7. The summed E-state index contributed by atoms with van der Waals surface area (Å²) in [4.78, 5) is 0. The molecule has 0 atom stereocenters. The Morgan fingerprint density at radius 1 is 1.07 bits per heavy atom. The lowest BCUT2D eigenvalue weighted by atomic mass is 10.1. The predicted octanol–water partition coefficient (Wildman–Crippen LogP) is 3.00. The second kappa shape index (κ2) is 4.75. The van der Waals surface area contributed by atoms with Crippen LogP contribution in [0.5, 0.6) is 0 Å². The molecule has 0 radical (unpaired) electrons. The number of pyridine rings is 1. The maximum Gasteiger partial charge on any atom is 0.212 e. The molecule has 2 aromatic rings. The van der Waals surface area contributed by atoms with Gasteiger partial charge < -0.3 is 0 Å². The Kier molecular flexibility index (Phi) is 3.63. The second-order valence-electron chi connectivity index (χ2n) is 3.18. The molecule has 0 amide bonds. The standard InChI is InChI=1S/C11H12N.C2H6/c1-9-5-6-11-10(8-9)4-3-7-12(11)2;1-2/h3-8H,1-2H3;1-2H3/q+1;. The number of hydrogen-bond donors (Lipinski definition) is 0. The van der Waals surface area contributed by atoms with Crippen molar-refractivity contribution in [2.24, 2.45) is 7.05 Å². The van der Waals surface area contributed by atoms with Gasteiger partial charge in [0.05, 0.1) is 0 Å².